The van der Waals surface area contributed by atoms with Crippen LogP contribution in [0.15, 0.2) is 36.7 Å². The fourth-order valence-corrected chi connectivity index (χ4v) is 2.67. The second-order valence-electron chi connectivity index (χ2n) is 5.89. The van der Waals surface area contributed by atoms with Gasteiger partial charge in [-0.1, -0.05) is 18.2 Å². The zero-order chi connectivity index (χ0) is 14.0. The van der Waals surface area contributed by atoms with Gasteiger partial charge in [-0.15, -0.1) is 0 Å². The molecule has 20 heavy (non-hydrogen) atoms. The maximum Gasteiger partial charge on any atom is 0.127 e. The van der Waals surface area contributed by atoms with Crippen LogP contribution in [0.3, 0.4) is 0 Å². The van der Waals surface area contributed by atoms with Gasteiger partial charge in [0.1, 0.15) is 11.4 Å². The van der Waals surface area contributed by atoms with Crippen LogP contribution in [-0.2, 0) is 19.5 Å². The van der Waals surface area contributed by atoms with E-state index in [1.54, 1.807) is 6.20 Å². The van der Waals surface area contributed by atoms with E-state index in [1.165, 1.54) is 11.1 Å². The molecule has 0 bridgehead atoms. The van der Waals surface area contributed by atoms with Crippen molar-refractivity contribution in [3.63, 3.8) is 0 Å². The standard InChI is InChI=1S/C16H21N3O/c1-16(2)11-13-5-3-6-14(15(13)20-16)12-17-8-10-19-9-4-7-18-19/h3-7,9,17H,8,10-12H2,1-2H3. The maximum atomic E-state index is 6.07. The quantitative estimate of drug-likeness (QED) is 0.849. The molecule has 1 aliphatic rings. The summed E-state index contributed by atoms with van der Waals surface area (Å²) < 4.78 is 8.00. The van der Waals surface area contributed by atoms with Gasteiger partial charge >= 0.3 is 0 Å². The lowest BCUT2D eigenvalue weighted by Gasteiger charge is -2.18. The normalized spacial score (nSPS) is 15.9. The molecular formula is C16H21N3O. The van der Waals surface area contributed by atoms with Crippen molar-refractivity contribution in [3.05, 3.63) is 47.8 Å². The van der Waals surface area contributed by atoms with Gasteiger partial charge in [-0.3, -0.25) is 4.68 Å². The first-order valence-electron chi connectivity index (χ1n) is 7.12. The minimum absolute atomic E-state index is 0.0759. The molecule has 0 atom stereocenters. The molecule has 0 unspecified atom stereocenters. The number of hydrogen-bond donors (Lipinski definition) is 1. The van der Waals surface area contributed by atoms with Crippen LogP contribution in [-0.4, -0.2) is 21.9 Å². The van der Waals surface area contributed by atoms with Crippen LogP contribution in [0.1, 0.15) is 25.0 Å². The molecule has 0 spiro atoms. The molecule has 0 aliphatic carbocycles. The average molecular weight is 271 g/mol. The fraction of sp³-hybridized carbons (Fsp3) is 0.438. The van der Waals surface area contributed by atoms with Crippen molar-refractivity contribution < 1.29 is 4.74 Å². The summed E-state index contributed by atoms with van der Waals surface area (Å²) in [5.74, 6) is 1.07. The Balaban J connectivity index is 1.58. The Bertz CT molecular complexity index is 575. The molecule has 4 heteroatoms. The second-order valence-corrected chi connectivity index (χ2v) is 5.89. The first kappa shape index (κ1) is 13.2. The molecule has 4 nitrogen and oxygen atoms in total. The molecule has 1 aliphatic heterocycles. The fourth-order valence-electron chi connectivity index (χ4n) is 2.67. The first-order chi connectivity index (χ1) is 9.64. The lowest BCUT2D eigenvalue weighted by Crippen LogP contribution is -2.25. The predicted octanol–water partition coefficient (Wildman–Crippen LogP) is 2.39. The molecule has 1 aromatic carbocycles. The molecule has 3 rings (SSSR count). The predicted molar refractivity (Wildman–Crippen MR) is 78.8 cm³/mol. The Morgan fingerprint density at radius 1 is 1.35 bits per heavy atom. The number of aromatic nitrogens is 2. The number of hydrogen-bond acceptors (Lipinski definition) is 3. The average Bonchev–Trinajstić information content (AvgIpc) is 3.00. The van der Waals surface area contributed by atoms with Crippen molar-refractivity contribution in [1.29, 1.82) is 0 Å². The van der Waals surface area contributed by atoms with E-state index in [9.17, 15) is 0 Å². The third-order valence-electron chi connectivity index (χ3n) is 3.56. The third kappa shape index (κ3) is 2.85. The summed E-state index contributed by atoms with van der Waals surface area (Å²) in [5.41, 5.74) is 2.49. The van der Waals surface area contributed by atoms with Gasteiger partial charge in [-0.2, -0.15) is 5.10 Å². The molecule has 1 N–H and O–H groups in total. The Hall–Kier alpha value is -1.81. The number of nitrogens with one attached hydrogen (secondary N) is 1. The highest BCUT2D eigenvalue weighted by molar-refractivity contribution is 5.45. The topological polar surface area (TPSA) is 39.1 Å². The van der Waals surface area contributed by atoms with E-state index >= 15 is 0 Å². The van der Waals surface area contributed by atoms with E-state index in [1.807, 2.05) is 16.9 Å². The van der Waals surface area contributed by atoms with Gasteiger partial charge in [0.25, 0.3) is 0 Å². The summed E-state index contributed by atoms with van der Waals surface area (Å²) in [4.78, 5) is 0. The van der Waals surface area contributed by atoms with Gasteiger partial charge in [0, 0.05) is 37.5 Å². The number of fused-ring (bicyclic) bond motifs is 1. The van der Waals surface area contributed by atoms with Crippen molar-refractivity contribution >= 4 is 0 Å². The smallest absolute Gasteiger partial charge is 0.127 e. The lowest BCUT2D eigenvalue weighted by atomic mass is 10.0. The van der Waals surface area contributed by atoms with Crippen LogP contribution in [0.25, 0.3) is 0 Å². The zero-order valence-corrected chi connectivity index (χ0v) is 12.1. The third-order valence-corrected chi connectivity index (χ3v) is 3.56. The SMILES string of the molecule is CC1(C)Cc2cccc(CNCCn3cccn3)c2O1. The lowest BCUT2D eigenvalue weighted by molar-refractivity contribution is 0.137. The molecule has 0 amide bonds. The number of benzene rings is 1. The summed E-state index contributed by atoms with van der Waals surface area (Å²) in [7, 11) is 0. The van der Waals surface area contributed by atoms with Crippen LogP contribution < -0.4 is 10.1 Å². The second kappa shape index (κ2) is 5.29. The number of nitrogens with zero attached hydrogens (tertiary/aromatic N) is 2. The zero-order valence-electron chi connectivity index (χ0n) is 12.1. The van der Waals surface area contributed by atoms with Crippen LogP contribution in [0.5, 0.6) is 5.75 Å². The minimum Gasteiger partial charge on any atom is -0.487 e. The maximum absolute atomic E-state index is 6.07. The van der Waals surface area contributed by atoms with Gasteiger partial charge in [0.15, 0.2) is 0 Å². The van der Waals surface area contributed by atoms with Crippen LogP contribution in [0.4, 0.5) is 0 Å². The highest BCUT2D eigenvalue weighted by atomic mass is 16.5. The molecule has 0 saturated carbocycles. The molecule has 2 aromatic rings. The van der Waals surface area contributed by atoms with Crippen LogP contribution in [0.2, 0.25) is 0 Å². The van der Waals surface area contributed by atoms with Crippen molar-refractivity contribution in [2.75, 3.05) is 6.54 Å². The summed E-state index contributed by atoms with van der Waals surface area (Å²) in [5, 5.41) is 7.65. The molecular weight excluding hydrogens is 250 g/mol. The summed E-state index contributed by atoms with van der Waals surface area (Å²) in [6.45, 7) is 6.90. The molecule has 1 aromatic heterocycles. The summed E-state index contributed by atoms with van der Waals surface area (Å²) in [6, 6.07) is 8.37. The molecule has 0 fully saturated rings. The monoisotopic (exact) mass is 271 g/mol. The van der Waals surface area contributed by atoms with Crippen molar-refractivity contribution in [2.45, 2.75) is 39.0 Å². The van der Waals surface area contributed by atoms with E-state index < -0.39 is 0 Å². The van der Waals surface area contributed by atoms with Gasteiger partial charge in [-0.05, 0) is 25.5 Å². The van der Waals surface area contributed by atoms with Gasteiger partial charge in [0.2, 0.25) is 0 Å². The van der Waals surface area contributed by atoms with E-state index in [0.717, 1.165) is 31.8 Å². The molecule has 2 heterocycles. The minimum atomic E-state index is -0.0759. The van der Waals surface area contributed by atoms with Crippen LogP contribution in [0, 0.1) is 0 Å². The van der Waals surface area contributed by atoms with Gasteiger partial charge in [-0.25, -0.2) is 0 Å². The highest BCUT2D eigenvalue weighted by Gasteiger charge is 2.31. The Morgan fingerprint density at radius 3 is 3.05 bits per heavy atom. The summed E-state index contributed by atoms with van der Waals surface area (Å²) >= 11 is 0. The molecule has 0 radical (unpaired) electrons. The number of ether oxygens (including phenoxy) is 1. The van der Waals surface area contributed by atoms with Crippen LogP contribution >= 0.6 is 0 Å². The van der Waals surface area contributed by atoms with E-state index in [-0.39, 0.29) is 5.60 Å². The van der Waals surface area contributed by atoms with E-state index in [2.05, 4.69) is 42.5 Å². The summed E-state index contributed by atoms with van der Waals surface area (Å²) in [6.07, 6.45) is 4.77. The number of rotatable bonds is 5. The first-order valence-corrected chi connectivity index (χ1v) is 7.12. The Kier molecular flexibility index (Phi) is 3.49. The van der Waals surface area contributed by atoms with Gasteiger partial charge in [0.05, 0.1) is 6.54 Å². The Morgan fingerprint density at radius 2 is 2.25 bits per heavy atom. The number of para-hydroxylation sites is 1. The van der Waals surface area contributed by atoms with E-state index in [4.69, 9.17) is 4.74 Å². The van der Waals surface area contributed by atoms with Crippen molar-refractivity contribution in [3.8, 4) is 5.75 Å². The molecule has 0 saturated heterocycles. The highest BCUT2D eigenvalue weighted by Crippen LogP contribution is 2.37. The largest absolute Gasteiger partial charge is 0.487 e. The van der Waals surface area contributed by atoms with E-state index in [0.29, 0.717) is 0 Å². The Labute approximate surface area is 119 Å². The van der Waals surface area contributed by atoms with Crippen molar-refractivity contribution in [2.24, 2.45) is 0 Å². The van der Waals surface area contributed by atoms with Crippen molar-refractivity contribution in [1.82, 2.24) is 15.1 Å². The van der Waals surface area contributed by atoms with Gasteiger partial charge < -0.3 is 10.1 Å². The molecule has 106 valence electrons.